The molecule has 1 aromatic heterocycles. The molecule has 1 saturated carbocycles. The standard InChI is InChI=1S/C19H19FN2O4S2/c20-13-10-12(28(25)26)4-3-11(13)9-15(23)22-18-21-14-5-8-19(6-1-2-7-19)17(24)16(14)27-18/h3-4,10,28H,1-2,5-9H2,(H,21,22,23). The fourth-order valence-corrected chi connectivity index (χ4v) is 5.63. The summed E-state index contributed by atoms with van der Waals surface area (Å²) in [6.07, 6.45) is 5.31. The first-order valence-electron chi connectivity index (χ1n) is 9.15. The minimum atomic E-state index is -2.88. The van der Waals surface area contributed by atoms with E-state index < -0.39 is 22.4 Å². The van der Waals surface area contributed by atoms with E-state index in [0.717, 1.165) is 50.3 Å². The predicted octanol–water partition coefficient (Wildman–Crippen LogP) is 3.12. The molecule has 2 aliphatic carbocycles. The number of nitrogens with one attached hydrogen (secondary N) is 1. The fraction of sp³-hybridized carbons (Fsp3) is 0.421. The van der Waals surface area contributed by atoms with Gasteiger partial charge in [-0.05, 0) is 43.4 Å². The summed E-state index contributed by atoms with van der Waals surface area (Å²) in [4.78, 5) is 30.1. The highest BCUT2D eigenvalue weighted by atomic mass is 32.2. The van der Waals surface area contributed by atoms with E-state index >= 15 is 0 Å². The normalized spacial score (nSPS) is 17.9. The molecule has 0 saturated heterocycles. The third-order valence-corrected chi connectivity index (χ3v) is 7.34. The Balaban J connectivity index is 1.47. The number of aryl methyl sites for hydroxylation is 1. The van der Waals surface area contributed by atoms with E-state index in [1.165, 1.54) is 23.5 Å². The Morgan fingerprint density at radius 1 is 1.25 bits per heavy atom. The maximum Gasteiger partial charge on any atom is 0.230 e. The summed E-state index contributed by atoms with van der Waals surface area (Å²) in [6, 6.07) is 3.45. The van der Waals surface area contributed by atoms with Crippen molar-refractivity contribution in [3.8, 4) is 0 Å². The zero-order valence-corrected chi connectivity index (χ0v) is 16.7. The number of hydrogen-bond donors (Lipinski definition) is 2. The van der Waals surface area contributed by atoms with Crippen LogP contribution in [0.15, 0.2) is 23.1 Å². The van der Waals surface area contributed by atoms with Crippen molar-refractivity contribution in [2.24, 2.45) is 5.41 Å². The molecular weight excluding hydrogens is 403 g/mol. The number of aromatic nitrogens is 1. The van der Waals surface area contributed by atoms with Crippen LogP contribution in [0.2, 0.25) is 0 Å². The van der Waals surface area contributed by atoms with E-state index in [-0.39, 0.29) is 28.1 Å². The van der Waals surface area contributed by atoms with E-state index in [4.69, 9.17) is 0 Å². The van der Waals surface area contributed by atoms with Gasteiger partial charge in [0.25, 0.3) is 0 Å². The average Bonchev–Trinajstić information content (AvgIpc) is 3.28. The molecule has 9 heteroatoms. The Hall–Kier alpha value is -2.13. The summed E-state index contributed by atoms with van der Waals surface area (Å²) in [5.74, 6) is -1.06. The molecule has 2 aromatic rings. The quantitative estimate of drug-likeness (QED) is 0.739. The van der Waals surface area contributed by atoms with Gasteiger partial charge in [0.1, 0.15) is 5.82 Å². The Morgan fingerprint density at radius 2 is 2.00 bits per heavy atom. The van der Waals surface area contributed by atoms with Crippen LogP contribution in [0.5, 0.6) is 0 Å². The summed E-state index contributed by atoms with van der Waals surface area (Å²) < 4.78 is 35.8. The minimum Gasteiger partial charge on any atom is -0.302 e. The number of thiazole rings is 1. The maximum atomic E-state index is 14.0. The lowest BCUT2D eigenvalue weighted by molar-refractivity contribution is -0.115. The SMILES string of the molecule is O=C(Cc1ccc([SH](=O)=O)cc1F)Nc1nc2c(s1)C(=O)C1(CCCC1)CC2. The van der Waals surface area contributed by atoms with Crippen LogP contribution in [0.3, 0.4) is 0 Å². The molecule has 1 heterocycles. The van der Waals surface area contributed by atoms with Gasteiger partial charge in [0.2, 0.25) is 5.91 Å². The summed E-state index contributed by atoms with van der Waals surface area (Å²) in [7, 11) is -2.88. The highest BCUT2D eigenvalue weighted by Crippen LogP contribution is 2.49. The van der Waals surface area contributed by atoms with E-state index in [2.05, 4.69) is 10.3 Å². The average molecular weight is 423 g/mol. The highest BCUT2D eigenvalue weighted by molar-refractivity contribution is 7.72. The summed E-state index contributed by atoms with van der Waals surface area (Å²) in [6.45, 7) is 0. The van der Waals surface area contributed by atoms with Gasteiger partial charge in [0.05, 0.1) is 21.9 Å². The maximum absolute atomic E-state index is 14.0. The predicted molar refractivity (Wildman–Crippen MR) is 103 cm³/mol. The Bertz CT molecular complexity index is 1030. The smallest absolute Gasteiger partial charge is 0.230 e. The Morgan fingerprint density at radius 3 is 2.68 bits per heavy atom. The number of ketones is 1. The van der Waals surface area contributed by atoms with Gasteiger partial charge in [-0.1, -0.05) is 30.2 Å². The van der Waals surface area contributed by atoms with Crippen LogP contribution in [-0.2, 0) is 28.3 Å². The lowest BCUT2D eigenvalue weighted by Gasteiger charge is -2.30. The van der Waals surface area contributed by atoms with Gasteiger partial charge in [0.15, 0.2) is 21.6 Å². The van der Waals surface area contributed by atoms with Gasteiger partial charge < -0.3 is 5.32 Å². The van der Waals surface area contributed by atoms with Gasteiger partial charge in [0, 0.05) is 5.41 Å². The molecule has 4 rings (SSSR count). The zero-order valence-electron chi connectivity index (χ0n) is 15.0. The van der Waals surface area contributed by atoms with E-state index in [1.54, 1.807) is 0 Å². The molecule has 2 aliphatic rings. The van der Waals surface area contributed by atoms with E-state index in [1.807, 2.05) is 0 Å². The number of Topliss-reactive ketones (excluding diaryl/α,β-unsaturated/α-hetero) is 1. The second-order valence-corrected chi connectivity index (χ2v) is 9.40. The van der Waals surface area contributed by atoms with Crippen molar-refractivity contribution in [2.45, 2.75) is 49.8 Å². The molecule has 0 unspecified atom stereocenters. The van der Waals surface area contributed by atoms with Crippen molar-refractivity contribution in [1.29, 1.82) is 0 Å². The number of amides is 1. The number of benzene rings is 1. The largest absolute Gasteiger partial charge is 0.302 e. The molecule has 0 atom stereocenters. The lowest BCUT2D eigenvalue weighted by Crippen LogP contribution is -2.32. The van der Waals surface area contributed by atoms with Crippen LogP contribution >= 0.6 is 11.3 Å². The van der Waals surface area contributed by atoms with Crippen molar-refractivity contribution in [3.05, 3.63) is 40.2 Å². The molecule has 1 N–H and O–H groups in total. The van der Waals surface area contributed by atoms with Gasteiger partial charge in [-0.25, -0.2) is 17.8 Å². The number of thiol groups is 1. The number of hydrogen-bond acceptors (Lipinski definition) is 6. The van der Waals surface area contributed by atoms with Crippen molar-refractivity contribution in [1.82, 2.24) is 4.98 Å². The first-order valence-corrected chi connectivity index (χ1v) is 11.1. The second-order valence-electron chi connectivity index (χ2n) is 7.37. The lowest BCUT2D eigenvalue weighted by atomic mass is 9.73. The topological polar surface area (TPSA) is 93.2 Å². The van der Waals surface area contributed by atoms with Gasteiger partial charge >= 0.3 is 0 Å². The van der Waals surface area contributed by atoms with Crippen LogP contribution in [0.1, 0.15) is 53.0 Å². The van der Waals surface area contributed by atoms with Crippen molar-refractivity contribution >= 4 is 38.9 Å². The van der Waals surface area contributed by atoms with Crippen molar-refractivity contribution in [2.75, 3.05) is 5.32 Å². The number of anilines is 1. The minimum absolute atomic E-state index is 0.0976. The van der Waals surface area contributed by atoms with Crippen LogP contribution in [0.4, 0.5) is 9.52 Å². The molecule has 0 radical (unpaired) electrons. The molecule has 1 fully saturated rings. The zero-order chi connectivity index (χ0) is 19.9. The molecule has 1 aromatic carbocycles. The van der Waals surface area contributed by atoms with Crippen molar-refractivity contribution < 1.29 is 22.4 Å². The summed E-state index contributed by atoms with van der Waals surface area (Å²) in [5.41, 5.74) is 0.590. The molecule has 6 nitrogen and oxygen atoms in total. The molecule has 1 amide bonds. The van der Waals surface area contributed by atoms with Gasteiger partial charge in [-0.15, -0.1) is 0 Å². The third-order valence-electron chi connectivity index (χ3n) is 5.63. The van der Waals surface area contributed by atoms with Gasteiger partial charge in [-0.2, -0.15) is 0 Å². The summed E-state index contributed by atoms with van der Waals surface area (Å²) in [5, 5.41) is 2.99. The Kier molecular flexibility index (Phi) is 5.05. The second kappa shape index (κ2) is 7.36. The van der Waals surface area contributed by atoms with Gasteiger partial charge in [-0.3, -0.25) is 9.59 Å². The highest BCUT2D eigenvalue weighted by Gasteiger charge is 2.45. The first-order chi connectivity index (χ1) is 13.4. The molecule has 0 aliphatic heterocycles. The Labute approximate surface area is 167 Å². The number of fused-ring (bicyclic) bond motifs is 1. The molecule has 1 spiro atoms. The number of nitrogens with zero attached hydrogens (tertiary/aromatic N) is 1. The molecule has 148 valence electrons. The van der Waals surface area contributed by atoms with E-state index in [0.29, 0.717) is 10.0 Å². The molecular formula is C19H19FN2O4S2. The van der Waals surface area contributed by atoms with Crippen LogP contribution < -0.4 is 5.32 Å². The fourth-order valence-electron chi connectivity index (χ4n) is 4.12. The number of rotatable bonds is 4. The first kappa shape index (κ1) is 19.2. The van der Waals surface area contributed by atoms with Crippen LogP contribution in [0.25, 0.3) is 0 Å². The number of carbonyl (C=O) groups is 2. The van der Waals surface area contributed by atoms with Crippen LogP contribution in [-0.4, -0.2) is 25.1 Å². The third kappa shape index (κ3) is 3.48. The number of halogens is 1. The number of carbonyl (C=O) groups excluding carboxylic acids is 2. The van der Waals surface area contributed by atoms with Crippen molar-refractivity contribution in [3.63, 3.8) is 0 Å². The van der Waals surface area contributed by atoms with E-state index in [9.17, 15) is 22.4 Å². The summed E-state index contributed by atoms with van der Waals surface area (Å²) >= 11 is 1.19. The monoisotopic (exact) mass is 422 g/mol. The van der Waals surface area contributed by atoms with Crippen LogP contribution in [0, 0.1) is 11.2 Å². The molecule has 0 bridgehead atoms. The molecule has 28 heavy (non-hydrogen) atoms.